The number of anilines is 1. The van der Waals surface area contributed by atoms with Crippen molar-refractivity contribution >= 4 is 18.2 Å². The average Bonchev–Trinajstić information content (AvgIpc) is 2.62. The summed E-state index contributed by atoms with van der Waals surface area (Å²) in [5, 5.41) is 7.15. The topological polar surface area (TPSA) is 36.9 Å². The van der Waals surface area contributed by atoms with Crippen molar-refractivity contribution in [1.82, 2.24) is 14.8 Å². The molecule has 0 saturated heterocycles. The van der Waals surface area contributed by atoms with Crippen molar-refractivity contribution in [1.29, 1.82) is 0 Å². The molecule has 0 aliphatic heterocycles. The Morgan fingerprint density at radius 1 is 1.31 bits per heavy atom. The van der Waals surface area contributed by atoms with Crippen LogP contribution in [0.2, 0.25) is 0 Å². The molecule has 1 N–H and O–H groups in total. The molecule has 0 unspecified atom stereocenters. The van der Waals surface area contributed by atoms with Crippen LogP contribution in [0.5, 0.6) is 0 Å². The van der Waals surface area contributed by atoms with Crippen LogP contribution in [-0.4, -0.2) is 28.4 Å². The molecule has 4 nitrogen and oxygen atoms in total. The molecule has 0 aliphatic rings. The van der Waals surface area contributed by atoms with E-state index in [4.69, 9.17) is 12.2 Å². The number of nitrogens with one attached hydrogen (secondary N) is 1. The van der Waals surface area contributed by atoms with Gasteiger partial charge in [0.25, 0.3) is 0 Å². The van der Waals surface area contributed by atoms with Crippen LogP contribution in [0, 0.1) is 4.77 Å². The molecule has 0 radical (unpaired) electrons. The SMILES string of the molecule is CCCCCN(C)c1n[nH]c(=S)n1CCC. The molecule has 92 valence electrons. The Bertz CT molecular complexity index is 355. The number of hydrogen-bond acceptors (Lipinski definition) is 3. The fourth-order valence-electron chi connectivity index (χ4n) is 1.72. The molecule has 0 atom stereocenters. The van der Waals surface area contributed by atoms with Crippen LogP contribution in [0.1, 0.15) is 39.5 Å². The van der Waals surface area contributed by atoms with E-state index in [2.05, 4.69) is 40.6 Å². The minimum absolute atomic E-state index is 0.721. The minimum atomic E-state index is 0.721. The van der Waals surface area contributed by atoms with Gasteiger partial charge in [-0.15, -0.1) is 5.10 Å². The van der Waals surface area contributed by atoms with E-state index in [0.717, 1.165) is 30.2 Å². The number of hydrogen-bond donors (Lipinski definition) is 1. The van der Waals surface area contributed by atoms with Crippen molar-refractivity contribution in [2.75, 3.05) is 18.5 Å². The van der Waals surface area contributed by atoms with E-state index < -0.39 is 0 Å². The number of nitrogens with zero attached hydrogens (tertiary/aromatic N) is 3. The Morgan fingerprint density at radius 2 is 2.06 bits per heavy atom. The summed E-state index contributed by atoms with van der Waals surface area (Å²) in [4.78, 5) is 2.18. The highest BCUT2D eigenvalue weighted by molar-refractivity contribution is 7.71. The standard InChI is InChI=1S/C11H22N4S/c1-4-6-7-9-14(3)10-12-13-11(16)15(10)8-5-2/h4-9H2,1-3H3,(H,13,16). The Kier molecular flexibility index (Phi) is 5.52. The first-order valence-electron chi connectivity index (χ1n) is 6.07. The van der Waals surface area contributed by atoms with E-state index in [0.29, 0.717) is 0 Å². The molecule has 0 amide bonds. The van der Waals surface area contributed by atoms with Gasteiger partial charge in [-0.1, -0.05) is 26.7 Å². The van der Waals surface area contributed by atoms with Gasteiger partial charge in [-0.3, -0.25) is 4.57 Å². The summed E-state index contributed by atoms with van der Waals surface area (Å²) >= 11 is 5.21. The van der Waals surface area contributed by atoms with Gasteiger partial charge in [0.2, 0.25) is 5.95 Å². The molecule has 0 fully saturated rings. The zero-order chi connectivity index (χ0) is 12.0. The lowest BCUT2D eigenvalue weighted by Gasteiger charge is -2.18. The second kappa shape index (κ2) is 6.68. The number of rotatable bonds is 7. The van der Waals surface area contributed by atoms with Crippen molar-refractivity contribution in [2.24, 2.45) is 0 Å². The first-order valence-corrected chi connectivity index (χ1v) is 6.47. The van der Waals surface area contributed by atoms with Gasteiger partial charge in [0.15, 0.2) is 4.77 Å². The highest BCUT2D eigenvalue weighted by atomic mass is 32.1. The van der Waals surface area contributed by atoms with E-state index >= 15 is 0 Å². The summed E-state index contributed by atoms with van der Waals surface area (Å²) in [6.07, 6.45) is 4.79. The first kappa shape index (κ1) is 13.2. The van der Waals surface area contributed by atoms with Crippen LogP contribution < -0.4 is 4.90 Å². The van der Waals surface area contributed by atoms with Crippen LogP contribution in [0.15, 0.2) is 0 Å². The third-order valence-electron chi connectivity index (χ3n) is 2.62. The van der Waals surface area contributed by atoms with Crippen molar-refractivity contribution in [2.45, 2.75) is 46.1 Å². The molecule has 1 aromatic rings. The van der Waals surface area contributed by atoms with Crippen molar-refractivity contribution in [3.8, 4) is 0 Å². The molecular weight excluding hydrogens is 220 g/mol. The van der Waals surface area contributed by atoms with Gasteiger partial charge in [0.1, 0.15) is 0 Å². The van der Waals surface area contributed by atoms with Gasteiger partial charge < -0.3 is 4.90 Å². The van der Waals surface area contributed by atoms with E-state index in [9.17, 15) is 0 Å². The van der Waals surface area contributed by atoms with E-state index in [1.165, 1.54) is 19.3 Å². The average molecular weight is 242 g/mol. The predicted molar refractivity (Wildman–Crippen MR) is 70.5 cm³/mol. The Labute approximate surface area is 103 Å². The normalized spacial score (nSPS) is 10.7. The fourth-order valence-corrected chi connectivity index (χ4v) is 1.94. The third kappa shape index (κ3) is 3.33. The highest BCUT2D eigenvalue weighted by Gasteiger charge is 2.09. The second-order valence-electron chi connectivity index (χ2n) is 4.11. The number of H-pyrrole nitrogens is 1. The van der Waals surface area contributed by atoms with Crippen LogP contribution in [0.4, 0.5) is 5.95 Å². The zero-order valence-corrected chi connectivity index (χ0v) is 11.3. The summed E-state index contributed by atoms with van der Waals surface area (Å²) in [5.74, 6) is 0.961. The maximum atomic E-state index is 5.21. The fraction of sp³-hybridized carbons (Fsp3) is 0.818. The van der Waals surface area contributed by atoms with E-state index in [1.54, 1.807) is 0 Å². The maximum absolute atomic E-state index is 5.21. The largest absolute Gasteiger partial charge is 0.344 e. The van der Waals surface area contributed by atoms with Gasteiger partial charge in [0, 0.05) is 20.1 Å². The van der Waals surface area contributed by atoms with Gasteiger partial charge >= 0.3 is 0 Å². The Balaban J connectivity index is 2.67. The Morgan fingerprint density at radius 3 is 2.69 bits per heavy atom. The van der Waals surface area contributed by atoms with Crippen molar-refractivity contribution < 1.29 is 0 Å². The van der Waals surface area contributed by atoms with Gasteiger partial charge in [-0.05, 0) is 25.1 Å². The molecule has 16 heavy (non-hydrogen) atoms. The Hall–Kier alpha value is -0.840. The summed E-state index contributed by atoms with van der Waals surface area (Å²) in [7, 11) is 2.08. The molecule has 1 rings (SSSR count). The second-order valence-corrected chi connectivity index (χ2v) is 4.50. The molecule has 1 heterocycles. The minimum Gasteiger partial charge on any atom is -0.344 e. The number of unbranched alkanes of at least 4 members (excludes halogenated alkanes) is 2. The summed E-state index contributed by atoms with van der Waals surface area (Å²) < 4.78 is 2.79. The van der Waals surface area contributed by atoms with Crippen LogP contribution in [0.25, 0.3) is 0 Å². The highest BCUT2D eigenvalue weighted by Crippen LogP contribution is 2.11. The van der Waals surface area contributed by atoms with Crippen molar-refractivity contribution in [3.05, 3.63) is 4.77 Å². The van der Waals surface area contributed by atoms with Gasteiger partial charge in [0.05, 0.1) is 0 Å². The predicted octanol–water partition coefficient (Wildman–Crippen LogP) is 2.98. The van der Waals surface area contributed by atoms with E-state index in [-0.39, 0.29) is 0 Å². The first-order chi connectivity index (χ1) is 7.70. The third-order valence-corrected chi connectivity index (χ3v) is 2.94. The molecule has 0 aromatic carbocycles. The van der Waals surface area contributed by atoms with Crippen LogP contribution in [0.3, 0.4) is 0 Å². The lowest BCUT2D eigenvalue weighted by atomic mass is 10.2. The number of aromatic nitrogens is 3. The molecule has 0 bridgehead atoms. The molecule has 0 spiro atoms. The molecule has 0 saturated carbocycles. The van der Waals surface area contributed by atoms with E-state index in [1.807, 2.05) is 0 Å². The number of aromatic amines is 1. The van der Waals surface area contributed by atoms with Gasteiger partial charge in [-0.2, -0.15) is 0 Å². The van der Waals surface area contributed by atoms with Crippen molar-refractivity contribution in [3.63, 3.8) is 0 Å². The quantitative estimate of drug-likeness (QED) is 0.590. The molecule has 0 aliphatic carbocycles. The van der Waals surface area contributed by atoms with Gasteiger partial charge in [-0.25, -0.2) is 5.10 Å². The van der Waals surface area contributed by atoms with Crippen LogP contribution in [-0.2, 0) is 6.54 Å². The summed E-state index contributed by atoms with van der Waals surface area (Å²) in [6.45, 7) is 6.34. The molecule has 5 heteroatoms. The zero-order valence-electron chi connectivity index (χ0n) is 10.5. The molecule has 1 aromatic heterocycles. The lowest BCUT2D eigenvalue weighted by molar-refractivity contribution is 0.639. The smallest absolute Gasteiger partial charge is 0.225 e. The summed E-state index contributed by atoms with van der Waals surface area (Å²) in [6, 6.07) is 0. The summed E-state index contributed by atoms with van der Waals surface area (Å²) in [5.41, 5.74) is 0. The lowest BCUT2D eigenvalue weighted by Crippen LogP contribution is -2.22. The monoisotopic (exact) mass is 242 g/mol. The van der Waals surface area contributed by atoms with Crippen LogP contribution >= 0.6 is 12.2 Å². The maximum Gasteiger partial charge on any atom is 0.225 e. The molecular formula is C11H22N4S.